The number of benzene rings is 2. The monoisotopic (exact) mass is 376 g/mol. The molecule has 0 spiro atoms. The summed E-state index contributed by atoms with van der Waals surface area (Å²) in [5, 5.41) is 30.1. The van der Waals surface area contributed by atoms with Crippen LogP contribution in [0.5, 0.6) is 0 Å². The minimum absolute atomic E-state index is 0.0883. The summed E-state index contributed by atoms with van der Waals surface area (Å²) in [4.78, 5) is 8.50. The van der Waals surface area contributed by atoms with E-state index in [2.05, 4.69) is 9.97 Å². The third kappa shape index (κ3) is 2.76. The van der Waals surface area contributed by atoms with Gasteiger partial charge in [-0.05, 0) is 24.3 Å². The zero-order valence-electron chi connectivity index (χ0n) is 15.0. The van der Waals surface area contributed by atoms with Crippen molar-refractivity contribution in [3.05, 3.63) is 77.6 Å². The van der Waals surface area contributed by atoms with Gasteiger partial charge >= 0.3 is 0 Å². The number of para-hydroxylation sites is 2. The number of rotatable bonds is 3. The van der Waals surface area contributed by atoms with Crippen LogP contribution in [0, 0.1) is 34.0 Å². The summed E-state index contributed by atoms with van der Waals surface area (Å²) in [7, 11) is 0. The molecule has 0 saturated heterocycles. The Morgan fingerprint density at radius 1 is 0.759 bits per heavy atom. The molecule has 2 aromatic carbocycles. The standard InChI is InChI=1S/C21H12N8/c22-11-16-19-21(27-18(13-24)17(12-23)26-19)29(20(16)25)28(14-7-3-1-4-8-14)15-9-5-2-6-10-15/h1-10H,25H2. The zero-order chi connectivity index (χ0) is 20.4. The molecule has 4 rings (SSSR count). The van der Waals surface area contributed by atoms with Gasteiger partial charge in [0, 0.05) is 0 Å². The molecule has 136 valence electrons. The lowest BCUT2D eigenvalue weighted by molar-refractivity contribution is 0.849. The Labute approximate surface area is 165 Å². The average Bonchev–Trinajstić information content (AvgIpc) is 3.04. The first-order valence-corrected chi connectivity index (χ1v) is 8.52. The van der Waals surface area contributed by atoms with E-state index in [9.17, 15) is 15.8 Å². The lowest BCUT2D eigenvalue weighted by Crippen LogP contribution is -2.26. The minimum Gasteiger partial charge on any atom is -0.382 e. The van der Waals surface area contributed by atoms with Gasteiger partial charge in [0.05, 0.1) is 11.4 Å². The van der Waals surface area contributed by atoms with Crippen molar-refractivity contribution in [3.63, 3.8) is 0 Å². The van der Waals surface area contributed by atoms with Crippen molar-refractivity contribution in [2.45, 2.75) is 0 Å². The Hall–Kier alpha value is -4.87. The highest BCUT2D eigenvalue weighted by Gasteiger charge is 2.25. The lowest BCUT2D eigenvalue weighted by atomic mass is 10.2. The number of anilines is 3. The van der Waals surface area contributed by atoms with E-state index in [0.29, 0.717) is 0 Å². The molecule has 2 heterocycles. The van der Waals surface area contributed by atoms with Crippen LogP contribution < -0.4 is 10.7 Å². The van der Waals surface area contributed by atoms with Crippen LogP contribution in [0.1, 0.15) is 17.0 Å². The molecule has 2 aromatic heterocycles. The number of aromatic nitrogens is 3. The van der Waals surface area contributed by atoms with E-state index in [1.165, 1.54) is 4.68 Å². The number of nitrogens with zero attached hydrogens (tertiary/aromatic N) is 7. The minimum atomic E-state index is -0.153. The summed E-state index contributed by atoms with van der Waals surface area (Å²) in [5.41, 5.74) is 8.03. The molecule has 0 fully saturated rings. The van der Waals surface area contributed by atoms with Crippen LogP contribution in [0.2, 0.25) is 0 Å². The van der Waals surface area contributed by atoms with E-state index >= 15 is 0 Å². The van der Waals surface area contributed by atoms with Crippen molar-refractivity contribution in [3.8, 4) is 18.2 Å². The van der Waals surface area contributed by atoms with E-state index in [-0.39, 0.29) is 33.9 Å². The summed E-state index contributed by atoms with van der Waals surface area (Å²) >= 11 is 0. The third-order valence-electron chi connectivity index (χ3n) is 4.32. The fourth-order valence-corrected chi connectivity index (χ4v) is 3.07. The number of fused-ring (bicyclic) bond motifs is 1. The number of nitriles is 3. The van der Waals surface area contributed by atoms with Gasteiger partial charge in [0.25, 0.3) is 0 Å². The van der Waals surface area contributed by atoms with E-state index in [1.54, 1.807) is 5.01 Å². The molecule has 4 aromatic rings. The summed E-state index contributed by atoms with van der Waals surface area (Å²) < 4.78 is 1.54. The molecule has 0 aliphatic rings. The molecule has 0 aliphatic carbocycles. The van der Waals surface area contributed by atoms with Gasteiger partial charge in [0.15, 0.2) is 17.0 Å². The van der Waals surface area contributed by atoms with Crippen LogP contribution >= 0.6 is 0 Å². The molecule has 29 heavy (non-hydrogen) atoms. The third-order valence-corrected chi connectivity index (χ3v) is 4.32. The largest absolute Gasteiger partial charge is 0.382 e. The predicted molar refractivity (Wildman–Crippen MR) is 107 cm³/mol. The number of hydrogen-bond donors (Lipinski definition) is 1. The Balaban J connectivity index is 2.13. The molecular weight excluding hydrogens is 364 g/mol. The average molecular weight is 376 g/mol. The molecule has 0 aliphatic heterocycles. The van der Waals surface area contributed by atoms with Crippen LogP contribution in [0.4, 0.5) is 17.2 Å². The summed E-state index contributed by atoms with van der Waals surface area (Å²) in [6.07, 6.45) is 0. The Bertz CT molecular complexity index is 1300. The fourth-order valence-electron chi connectivity index (χ4n) is 3.07. The molecule has 0 bridgehead atoms. The van der Waals surface area contributed by atoms with Gasteiger partial charge in [-0.3, -0.25) is 0 Å². The maximum absolute atomic E-state index is 9.67. The molecular formula is C21H12N8. The SMILES string of the molecule is N#Cc1nc2c(C#N)c(N)n(N(c3ccccc3)c3ccccc3)c2nc1C#N. The Morgan fingerprint density at radius 3 is 1.76 bits per heavy atom. The molecule has 8 heteroatoms. The van der Waals surface area contributed by atoms with E-state index in [1.807, 2.05) is 78.9 Å². The first-order valence-electron chi connectivity index (χ1n) is 8.52. The number of hydrogen-bond acceptors (Lipinski definition) is 7. The molecule has 0 amide bonds. The first kappa shape index (κ1) is 17.5. The van der Waals surface area contributed by atoms with Crippen molar-refractivity contribution >= 4 is 28.4 Å². The lowest BCUT2D eigenvalue weighted by Gasteiger charge is -2.27. The first-order chi connectivity index (χ1) is 14.2. The van der Waals surface area contributed by atoms with Crippen molar-refractivity contribution < 1.29 is 0 Å². The van der Waals surface area contributed by atoms with E-state index in [0.717, 1.165) is 11.4 Å². The highest BCUT2D eigenvalue weighted by Crippen LogP contribution is 2.33. The van der Waals surface area contributed by atoms with Gasteiger partial charge in [0.2, 0.25) is 0 Å². The van der Waals surface area contributed by atoms with Crippen molar-refractivity contribution in [2.75, 3.05) is 10.7 Å². The Morgan fingerprint density at radius 2 is 1.28 bits per heavy atom. The van der Waals surface area contributed by atoms with Crippen LogP contribution in [0.25, 0.3) is 11.2 Å². The Kier molecular flexibility index (Phi) is 4.25. The molecule has 0 saturated carbocycles. The van der Waals surface area contributed by atoms with Crippen molar-refractivity contribution in [2.24, 2.45) is 0 Å². The van der Waals surface area contributed by atoms with Crippen LogP contribution in [0.3, 0.4) is 0 Å². The number of nitrogens with two attached hydrogens (primary N) is 1. The van der Waals surface area contributed by atoms with Gasteiger partial charge in [-0.15, -0.1) is 0 Å². The molecule has 0 unspecified atom stereocenters. The highest BCUT2D eigenvalue weighted by atomic mass is 15.6. The summed E-state index contributed by atoms with van der Waals surface area (Å²) in [5.74, 6) is 0.106. The van der Waals surface area contributed by atoms with Gasteiger partial charge in [-0.25, -0.2) is 19.7 Å². The molecule has 0 radical (unpaired) electrons. The van der Waals surface area contributed by atoms with Crippen molar-refractivity contribution in [1.29, 1.82) is 15.8 Å². The molecule has 0 atom stereocenters. The van der Waals surface area contributed by atoms with Gasteiger partial charge in [-0.1, -0.05) is 36.4 Å². The highest BCUT2D eigenvalue weighted by molar-refractivity contribution is 5.89. The smallest absolute Gasteiger partial charge is 0.183 e. The normalized spacial score (nSPS) is 10.1. The maximum atomic E-state index is 9.67. The molecule has 2 N–H and O–H groups in total. The maximum Gasteiger partial charge on any atom is 0.183 e. The fraction of sp³-hybridized carbons (Fsp3) is 0. The van der Waals surface area contributed by atoms with Crippen LogP contribution in [-0.2, 0) is 0 Å². The number of nitrogen functional groups attached to an aromatic ring is 1. The van der Waals surface area contributed by atoms with E-state index in [4.69, 9.17) is 5.73 Å². The van der Waals surface area contributed by atoms with Gasteiger partial charge in [-0.2, -0.15) is 15.8 Å². The summed E-state index contributed by atoms with van der Waals surface area (Å²) in [6.45, 7) is 0. The van der Waals surface area contributed by atoms with Crippen molar-refractivity contribution in [1.82, 2.24) is 14.6 Å². The second-order valence-electron chi connectivity index (χ2n) is 5.98. The topological polar surface area (TPSA) is 131 Å². The van der Waals surface area contributed by atoms with Crippen LogP contribution in [0.15, 0.2) is 60.7 Å². The second kappa shape index (κ2) is 7.03. The predicted octanol–water partition coefficient (Wildman–Crippen LogP) is 3.23. The van der Waals surface area contributed by atoms with Gasteiger partial charge in [0.1, 0.15) is 35.1 Å². The van der Waals surface area contributed by atoms with E-state index < -0.39 is 0 Å². The zero-order valence-corrected chi connectivity index (χ0v) is 15.0. The van der Waals surface area contributed by atoms with Gasteiger partial charge < -0.3 is 5.73 Å². The quantitative estimate of drug-likeness (QED) is 0.580. The second-order valence-corrected chi connectivity index (χ2v) is 5.98. The van der Waals surface area contributed by atoms with Crippen LogP contribution in [-0.4, -0.2) is 14.6 Å². The summed E-state index contributed by atoms with van der Waals surface area (Å²) in [6, 6.07) is 24.6. The molecule has 8 nitrogen and oxygen atoms in total.